The van der Waals surface area contributed by atoms with Crippen LogP contribution in [0.5, 0.6) is 0 Å². The lowest BCUT2D eigenvalue weighted by Crippen LogP contribution is -2.45. The predicted molar refractivity (Wildman–Crippen MR) is 121 cm³/mol. The maximum atomic E-state index is 9.69. The van der Waals surface area contributed by atoms with E-state index < -0.39 is 0 Å². The lowest BCUT2D eigenvalue weighted by atomic mass is 9.93. The molecule has 3 aromatic rings. The average Bonchev–Trinajstić information content (AvgIpc) is 3.18. The Labute approximate surface area is 178 Å². The van der Waals surface area contributed by atoms with Gasteiger partial charge in [0, 0.05) is 19.1 Å². The predicted octanol–water partition coefficient (Wildman–Crippen LogP) is 3.44. The number of benzene rings is 2. The summed E-state index contributed by atoms with van der Waals surface area (Å²) in [5, 5.41) is 16.6. The van der Waals surface area contributed by atoms with Gasteiger partial charge in [0.15, 0.2) is 5.96 Å². The standard InChI is InChI=1S/C24H31N5O/c1-2-25-24(28-20-11-13-21(30)14-12-20)26-15-18-7-9-19(10-8-18)16-29-17-27-22-5-3-4-6-23(22)29/h3-10,17,20-21,30H,2,11-16H2,1H3,(H2,25,26,28). The number of aliphatic hydroxyl groups is 1. The molecule has 6 heteroatoms. The highest BCUT2D eigenvalue weighted by Gasteiger charge is 2.19. The summed E-state index contributed by atoms with van der Waals surface area (Å²) in [5.41, 5.74) is 4.62. The molecule has 158 valence electrons. The van der Waals surface area contributed by atoms with Crippen molar-refractivity contribution in [2.45, 2.75) is 57.8 Å². The van der Waals surface area contributed by atoms with Crippen LogP contribution in [0.15, 0.2) is 59.9 Å². The molecule has 1 heterocycles. The normalized spacial score (nSPS) is 19.7. The molecular weight excluding hydrogens is 374 g/mol. The maximum absolute atomic E-state index is 9.69. The van der Waals surface area contributed by atoms with Crippen molar-refractivity contribution in [3.63, 3.8) is 0 Å². The van der Waals surface area contributed by atoms with Gasteiger partial charge in [-0.3, -0.25) is 0 Å². The molecule has 1 aromatic heterocycles. The van der Waals surface area contributed by atoms with Crippen LogP contribution in [0.4, 0.5) is 0 Å². The summed E-state index contributed by atoms with van der Waals surface area (Å²) in [6.45, 7) is 4.36. The van der Waals surface area contributed by atoms with Crippen LogP contribution >= 0.6 is 0 Å². The van der Waals surface area contributed by atoms with E-state index in [0.717, 1.165) is 55.8 Å². The second-order valence-corrected chi connectivity index (χ2v) is 8.02. The van der Waals surface area contributed by atoms with E-state index in [0.29, 0.717) is 12.6 Å². The number of nitrogens with one attached hydrogen (secondary N) is 2. The molecule has 0 atom stereocenters. The van der Waals surface area contributed by atoms with E-state index in [4.69, 9.17) is 4.99 Å². The summed E-state index contributed by atoms with van der Waals surface area (Å²) >= 11 is 0. The highest BCUT2D eigenvalue weighted by atomic mass is 16.3. The molecule has 0 saturated heterocycles. The van der Waals surface area contributed by atoms with Gasteiger partial charge in [0.25, 0.3) is 0 Å². The Morgan fingerprint density at radius 3 is 2.57 bits per heavy atom. The molecule has 0 aliphatic heterocycles. The van der Waals surface area contributed by atoms with Crippen LogP contribution in [0.3, 0.4) is 0 Å². The lowest BCUT2D eigenvalue weighted by molar-refractivity contribution is 0.120. The minimum atomic E-state index is -0.138. The van der Waals surface area contributed by atoms with Gasteiger partial charge in [-0.1, -0.05) is 36.4 Å². The molecule has 2 aromatic carbocycles. The number of guanidine groups is 1. The van der Waals surface area contributed by atoms with Crippen molar-refractivity contribution in [3.8, 4) is 0 Å². The van der Waals surface area contributed by atoms with E-state index in [2.05, 4.69) is 57.4 Å². The zero-order chi connectivity index (χ0) is 20.8. The number of imidazole rings is 1. The molecule has 30 heavy (non-hydrogen) atoms. The highest BCUT2D eigenvalue weighted by molar-refractivity contribution is 5.80. The summed E-state index contributed by atoms with van der Waals surface area (Å²) in [7, 11) is 0. The Balaban J connectivity index is 1.36. The summed E-state index contributed by atoms with van der Waals surface area (Å²) in [5.74, 6) is 0.854. The second-order valence-electron chi connectivity index (χ2n) is 8.02. The Hall–Kier alpha value is -2.86. The summed E-state index contributed by atoms with van der Waals surface area (Å²) in [6, 6.07) is 17.2. The first-order valence-corrected chi connectivity index (χ1v) is 10.9. The van der Waals surface area contributed by atoms with Crippen LogP contribution < -0.4 is 10.6 Å². The first kappa shape index (κ1) is 20.4. The van der Waals surface area contributed by atoms with Gasteiger partial charge in [0.05, 0.1) is 30.0 Å². The Morgan fingerprint density at radius 2 is 1.80 bits per heavy atom. The van der Waals surface area contributed by atoms with Crippen molar-refractivity contribution in [1.82, 2.24) is 20.2 Å². The minimum Gasteiger partial charge on any atom is -0.393 e. The van der Waals surface area contributed by atoms with Gasteiger partial charge >= 0.3 is 0 Å². The third kappa shape index (κ3) is 5.19. The number of aliphatic imine (C=N–C) groups is 1. The van der Waals surface area contributed by atoms with Crippen molar-refractivity contribution >= 4 is 17.0 Å². The summed E-state index contributed by atoms with van der Waals surface area (Å²) in [6.07, 6.45) is 5.48. The van der Waals surface area contributed by atoms with E-state index in [1.807, 2.05) is 24.5 Å². The molecular formula is C24H31N5O. The third-order valence-electron chi connectivity index (χ3n) is 5.70. The minimum absolute atomic E-state index is 0.138. The number of rotatable bonds is 6. The van der Waals surface area contributed by atoms with E-state index in [-0.39, 0.29) is 6.10 Å². The lowest BCUT2D eigenvalue weighted by Gasteiger charge is -2.27. The van der Waals surface area contributed by atoms with Crippen LogP contribution in [-0.2, 0) is 13.1 Å². The zero-order valence-corrected chi connectivity index (χ0v) is 17.6. The van der Waals surface area contributed by atoms with Gasteiger partial charge in [0.1, 0.15) is 0 Å². The fourth-order valence-electron chi connectivity index (χ4n) is 3.99. The smallest absolute Gasteiger partial charge is 0.191 e. The number of hydrogen-bond donors (Lipinski definition) is 3. The van der Waals surface area contributed by atoms with Gasteiger partial charge < -0.3 is 20.3 Å². The number of fused-ring (bicyclic) bond motifs is 1. The molecule has 0 spiro atoms. The van der Waals surface area contributed by atoms with Crippen molar-refractivity contribution in [2.75, 3.05) is 6.54 Å². The Bertz CT molecular complexity index is 971. The second kappa shape index (κ2) is 9.76. The van der Waals surface area contributed by atoms with Crippen molar-refractivity contribution in [3.05, 3.63) is 66.0 Å². The third-order valence-corrected chi connectivity index (χ3v) is 5.70. The van der Waals surface area contributed by atoms with Crippen LogP contribution in [0.25, 0.3) is 11.0 Å². The topological polar surface area (TPSA) is 74.5 Å². The number of aliphatic hydroxyl groups excluding tert-OH is 1. The number of hydrogen-bond acceptors (Lipinski definition) is 3. The number of nitrogens with zero attached hydrogens (tertiary/aromatic N) is 3. The molecule has 0 unspecified atom stereocenters. The van der Waals surface area contributed by atoms with E-state index in [1.54, 1.807) is 0 Å². The molecule has 4 rings (SSSR count). The summed E-state index contributed by atoms with van der Waals surface area (Å²) in [4.78, 5) is 9.23. The first-order chi connectivity index (χ1) is 14.7. The molecule has 0 radical (unpaired) electrons. The van der Waals surface area contributed by atoms with Gasteiger partial charge in [0.2, 0.25) is 0 Å². The fourth-order valence-corrected chi connectivity index (χ4v) is 3.99. The van der Waals surface area contributed by atoms with E-state index >= 15 is 0 Å². The van der Waals surface area contributed by atoms with Crippen LogP contribution in [0, 0.1) is 0 Å². The van der Waals surface area contributed by atoms with Crippen molar-refractivity contribution < 1.29 is 5.11 Å². The molecule has 0 bridgehead atoms. The fraction of sp³-hybridized carbons (Fsp3) is 0.417. The number of para-hydroxylation sites is 2. The Morgan fingerprint density at radius 1 is 1.07 bits per heavy atom. The average molecular weight is 406 g/mol. The number of aromatic nitrogens is 2. The molecule has 3 N–H and O–H groups in total. The molecule has 6 nitrogen and oxygen atoms in total. The SMILES string of the molecule is CCNC(=NCc1ccc(Cn2cnc3ccccc32)cc1)NC1CCC(O)CC1. The quantitative estimate of drug-likeness (QED) is 0.434. The van der Waals surface area contributed by atoms with Gasteiger partial charge in [-0.25, -0.2) is 9.98 Å². The van der Waals surface area contributed by atoms with Crippen LogP contribution in [0.2, 0.25) is 0 Å². The Kier molecular flexibility index (Phi) is 6.64. The van der Waals surface area contributed by atoms with Crippen molar-refractivity contribution in [2.24, 2.45) is 4.99 Å². The molecule has 1 aliphatic rings. The molecule has 1 saturated carbocycles. The van der Waals surface area contributed by atoms with Gasteiger partial charge in [-0.15, -0.1) is 0 Å². The molecule has 1 fully saturated rings. The monoisotopic (exact) mass is 405 g/mol. The van der Waals surface area contributed by atoms with Crippen LogP contribution in [-0.4, -0.2) is 39.3 Å². The zero-order valence-electron chi connectivity index (χ0n) is 17.6. The first-order valence-electron chi connectivity index (χ1n) is 10.9. The summed E-state index contributed by atoms with van der Waals surface area (Å²) < 4.78 is 2.18. The van der Waals surface area contributed by atoms with Gasteiger partial charge in [-0.2, -0.15) is 0 Å². The maximum Gasteiger partial charge on any atom is 0.191 e. The van der Waals surface area contributed by atoms with Crippen LogP contribution in [0.1, 0.15) is 43.7 Å². The molecule has 0 amide bonds. The van der Waals surface area contributed by atoms with E-state index in [1.165, 1.54) is 11.1 Å². The van der Waals surface area contributed by atoms with Crippen molar-refractivity contribution in [1.29, 1.82) is 0 Å². The molecule has 1 aliphatic carbocycles. The van der Waals surface area contributed by atoms with E-state index in [9.17, 15) is 5.11 Å². The van der Waals surface area contributed by atoms with Gasteiger partial charge in [-0.05, 0) is 55.9 Å². The largest absolute Gasteiger partial charge is 0.393 e. The highest BCUT2D eigenvalue weighted by Crippen LogP contribution is 2.18.